The zero-order chi connectivity index (χ0) is 34.2. The Morgan fingerprint density at radius 2 is 1.44 bits per heavy atom. The summed E-state index contributed by atoms with van der Waals surface area (Å²) >= 11 is 0. The van der Waals surface area contributed by atoms with Crippen LogP contribution in [0.4, 0.5) is 0 Å². The van der Waals surface area contributed by atoms with Crippen molar-refractivity contribution < 1.29 is 4.74 Å². The van der Waals surface area contributed by atoms with Gasteiger partial charge in [-0.3, -0.25) is 19.3 Å². The number of benzene rings is 3. The first-order valence-corrected chi connectivity index (χ1v) is 19.9. The smallest absolute Gasteiger partial charge is 0.111 e. The van der Waals surface area contributed by atoms with Crippen molar-refractivity contribution >= 4 is 33.1 Å². The highest BCUT2D eigenvalue weighted by Gasteiger charge is 2.34. The van der Waals surface area contributed by atoms with Crippen molar-refractivity contribution in [1.82, 2.24) is 43.4 Å². The predicted molar refractivity (Wildman–Crippen MR) is 204 cm³/mol. The highest BCUT2D eigenvalue weighted by molar-refractivity contribution is 5.84. The SMILES string of the molecule is c1cc(C2CCC3Cc4nc5cc(CN6CCOCC6)ccc5n4CCN3C2)c2ncn(-c3ccc4c(c3)nc3n4CCN4CCCCC4C3)c2c1. The summed E-state index contributed by atoms with van der Waals surface area (Å²) in [6.45, 7) is 11.2. The topological polar surface area (TPSA) is 72.4 Å². The van der Waals surface area contributed by atoms with Gasteiger partial charge in [-0.05, 0) is 85.7 Å². The number of ether oxygens (including phenoxy) is 1. The Morgan fingerprint density at radius 3 is 2.29 bits per heavy atom. The van der Waals surface area contributed by atoms with Crippen LogP contribution in [-0.4, -0.2) is 108 Å². The van der Waals surface area contributed by atoms with Gasteiger partial charge in [0.25, 0.3) is 0 Å². The van der Waals surface area contributed by atoms with Crippen LogP contribution in [0, 0.1) is 0 Å². The fraction of sp³-hybridized carbons (Fsp3) is 0.500. The molecular formula is C42H49N9O. The molecule has 3 aromatic heterocycles. The van der Waals surface area contributed by atoms with Crippen molar-refractivity contribution in [1.29, 1.82) is 0 Å². The van der Waals surface area contributed by atoms with Crippen LogP contribution >= 0.6 is 0 Å². The summed E-state index contributed by atoms with van der Waals surface area (Å²) in [6, 6.07) is 21.8. The van der Waals surface area contributed by atoms with E-state index in [1.807, 2.05) is 6.33 Å². The summed E-state index contributed by atoms with van der Waals surface area (Å²) in [5.41, 5.74) is 11.0. The van der Waals surface area contributed by atoms with Crippen LogP contribution < -0.4 is 0 Å². The van der Waals surface area contributed by atoms with Crippen LogP contribution in [0.1, 0.15) is 60.8 Å². The Balaban J connectivity index is 0.821. The second-order valence-corrected chi connectivity index (χ2v) is 16.1. The third-order valence-corrected chi connectivity index (χ3v) is 13.2. The molecule has 3 fully saturated rings. The largest absolute Gasteiger partial charge is 0.379 e. The van der Waals surface area contributed by atoms with Crippen molar-refractivity contribution in [2.45, 2.75) is 82.6 Å². The molecule has 0 saturated carbocycles. The summed E-state index contributed by atoms with van der Waals surface area (Å²) in [5.74, 6) is 2.99. The highest BCUT2D eigenvalue weighted by atomic mass is 16.5. The second-order valence-electron chi connectivity index (χ2n) is 16.1. The number of morpholine rings is 1. The van der Waals surface area contributed by atoms with Gasteiger partial charge in [-0.15, -0.1) is 0 Å². The molecule has 3 atom stereocenters. The number of hydrogen-bond acceptors (Lipinski definition) is 7. The van der Waals surface area contributed by atoms with Crippen LogP contribution in [0.5, 0.6) is 0 Å². The minimum atomic E-state index is 0.471. The highest BCUT2D eigenvalue weighted by Crippen LogP contribution is 2.37. The molecule has 0 aliphatic carbocycles. The number of aromatic nitrogens is 6. The standard InChI is InChI=1S/C42H49N9O/c1-2-13-47-14-16-49-38-12-10-33(23-36(38)45-40(49)24-31(47)4-1)51-28-43-42-34(5-3-6-39(42)51)30-8-9-32-25-41-44-35-22-29(26-46-18-20-52-21-19-46)7-11-37(35)50(41)17-15-48(32)27-30/h3,5-7,10-12,22-23,28,30-32H,1-2,4,8-9,13-21,24-27H2. The molecule has 268 valence electrons. The van der Waals surface area contributed by atoms with Crippen molar-refractivity contribution in [2.24, 2.45) is 0 Å². The normalized spacial score (nSPS) is 24.7. The Kier molecular flexibility index (Phi) is 7.73. The number of hydrogen-bond donors (Lipinski definition) is 0. The Bertz CT molecular complexity index is 2280. The molecule has 3 aromatic carbocycles. The van der Waals surface area contributed by atoms with Crippen LogP contribution in [0.3, 0.4) is 0 Å². The van der Waals surface area contributed by atoms with E-state index in [0.717, 1.165) is 101 Å². The molecule has 8 heterocycles. The van der Waals surface area contributed by atoms with Crippen LogP contribution in [0.15, 0.2) is 60.9 Å². The number of imidazole rings is 3. The lowest BCUT2D eigenvalue weighted by atomic mass is 9.85. The lowest BCUT2D eigenvalue weighted by Gasteiger charge is -2.38. The molecule has 5 aliphatic rings. The average Bonchev–Trinajstić information content (AvgIpc) is 3.78. The molecular weight excluding hydrogens is 647 g/mol. The molecule has 6 aromatic rings. The molecule has 0 bridgehead atoms. The van der Waals surface area contributed by atoms with Gasteiger partial charge in [0.1, 0.15) is 18.0 Å². The van der Waals surface area contributed by atoms with Crippen molar-refractivity contribution in [3.8, 4) is 5.69 Å². The molecule has 10 nitrogen and oxygen atoms in total. The minimum Gasteiger partial charge on any atom is -0.379 e. The summed E-state index contributed by atoms with van der Waals surface area (Å²) in [4.78, 5) is 23.5. The maximum atomic E-state index is 5.55. The number of rotatable bonds is 4. The average molecular weight is 696 g/mol. The monoisotopic (exact) mass is 695 g/mol. The second kappa shape index (κ2) is 12.8. The third-order valence-electron chi connectivity index (χ3n) is 13.2. The zero-order valence-electron chi connectivity index (χ0n) is 30.2. The zero-order valence-corrected chi connectivity index (χ0v) is 30.2. The molecule has 0 amide bonds. The van der Waals surface area contributed by atoms with Gasteiger partial charge in [-0.25, -0.2) is 15.0 Å². The minimum absolute atomic E-state index is 0.471. The van der Waals surface area contributed by atoms with Crippen LogP contribution in [0.2, 0.25) is 0 Å². The summed E-state index contributed by atoms with van der Waals surface area (Å²) < 4.78 is 12.8. The summed E-state index contributed by atoms with van der Waals surface area (Å²) in [6.07, 6.45) is 10.5. The van der Waals surface area contributed by atoms with Gasteiger partial charge in [0, 0.05) is 83.0 Å². The fourth-order valence-corrected chi connectivity index (χ4v) is 10.4. The third kappa shape index (κ3) is 5.40. The maximum absolute atomic E-state index is 5.55. The predicted octanol–water partition coefficient (Wildman–Crippen LogP) is 5.77. The van der Waals surface area contributed by atoms with Crippen molar-refractivity contribution in [2.75, 3.05) is 52.5 Å². The molecule has 10 heteroatoms. The van der Waals surface area contributed by atoms with Crippen LogP contribution in [-0.2, 0) is 37.2 Å². The molecule has 11 rings (SSSR count). The Morgan fingerprint density at radius 1 is 0.673 bits per heavy atom. The van der Waals surface area contributed by atoms with Crippen molar-refractivity contribution in [3.63, 3.8) is 0 Å². The first-order chi connectivity index (χ1) is 25.7. The van der Waals surface area contributed by atoms with Gasteiger partial charge in [-0.1, -0.05) is 24.6 Å². The molecule has 0 spiro atoms. The number of para-hydroxylation sites is 1. The van der Waals surface area contributed by atoms with E-state index in [1.54, 1.807) is 0 Å². The Hall–Kier alpha value is -4.09. The summed E-state index contributed by atoms with van der Waals surface area (Å²) in [7, 11) is 0. The van der Waals surface area contributed by atoms with Gasteiger partial charge >= 0.3 is 0 Å². The molecule has 5 aliphatic heterocycles. The molecule has 0 radical (unpaired) electrons. The van der Waals surface area contributed by atoms with E-state index >= 15 is 0 Å². The van der Waals surface area contributed by atoms with Crippen molar-refractivity contribution in [3.05, 3.63) is 83.7 Å². The summed E-state index contributed by atoms with van der Waals surface area (Å²) in [5, 5.41) is 0. The van der Waals surface area contributed by atoms with Gasteiger partial charge in [0.15, 0.2) is 0 Å². The molecule has 3 saturated heterocycles. The van der Waals surface area contributed by atoms with Gasteiger partial charge < -0.3 is 13.9 Å². The molecule has 52 heavy (non-hydrogen) atoms. The lowest BCUT2D eigenvalue weighted by molar-refractivity contribution is 0.0342. The molecule has 0 N–H and O–H groups in total. The maximum Gasteiger partial charge on any atom is 0.111 e. The van der Waals surface area contributed by atoms with Gasteiger partial charge in [0.05, 0.1) is 46.3 Å². The first kappa shape index (κ1) is 31.4. The van der Waals surface area contributed by atoms with E-state index in [1.165, 1.54) is 78.0 Å². The van der Waals surface area contributed by atoms with E-state index in [4.69, 9.17) is 19.7 Å². The quantitative estimate of drug-likeness (QED) is 0.232. The van der Waals surface area contributed by atoms with E-state index in [0.29, 0.717) is 18.0 Å². The van der Waals surface area contributed by atoms with E-state index in [9.17, 15) is 0 Å². The van der Waals surface area contributed by atoms with E-state index in [2.05, 4.69) is 83.0 Å². The van der Waals surface area contributed by atoms with E-state index < -0.39 is 0 Å². The van der Waals surface area contributed by atoms with Gasteiger partial charge in [-0.2, -0.15) is 0 Å². The number of nitrogens with zero attached hydrogens (tertiary/aromatic N) is 9. The number of piperidine rings is 2. The fourth-order valence-electron chi connectivity index (χ4n) is 10.4. The lowest BCUT2D eigenvalue weighted by Crippen LogP contribution is -2.43. The number of fused-ring (bicyclic) bond motifs is 9. The van der Waals surface area contributed by atoms with E-state index in [-0.39, 0.29) is 0 Å². The van der Waals surface area contributed by atoms with Crippen LogP contribution in [0.25, 0.3) is 38.8 Å². The van der Waals surface area contributed by atoms with Gasteiger partial charge in [0.2, 0.25) is 0 Å². The molecule has 3 unspecified atom stereocenters. The Labute approximate surface area is 305 Å². The first-order valence-electron chi connectivity index (χ1n) is 19.9.